The van der Waals surface area contributed by atoms with Crippen LogP contribution in [0.25, 0.3) is 0 Å². The van der Waals surface area contributed by atoms with Gasteiger partial charge in [0.1, 0.15) is 0 Å². The van der Waals surface area contributed by atoms with Crippen LogP contribution in [0.2, 0.25) is 0 Å². The summed E-state index contributed by atoms with van der Waals surface area (Å²) in [5.74, 6) is 0.426. The van der Waals surface area contributed by atoms with E-state index in [9.17, 15) is 9.59 Å². The second kappa shape index (κ2) is 6.32. The summed E-state index contributed by atoms with van der Waals surface area (Å²) in [6, 6.07) is 0.513. The van der Waals surface area contributed by atoms with E-state index in [1.165, 1.54) is 12.8 Å². The zero-order valence-electron chi connectivity index (χ0n) is 12.6. The summed E-state index contributed by atoms with van der Waals surface area (Å²) in [4.78, 5) is 28.0. The van der Waals surface area contributed by atoms with Crippen molar-refractivity contribution in [2.75, 3.05) is 39.3 Å². The van der Waals surface area contributed by atoms with Crippen molar-refractivity contribution in [1.82, 2.24) is 15.1 Å². The Balaban J connectivity index is 1.56. The molecule has 0 aromatic rings. The molecule has 0 saturated carbocycles. The molecule has 3 fully saturated rings. The average Bonchev–Trinajstić information content (AvgIpc) is 2.97. The number of carbonyl (C=O) groups is 2. The van der Waals surface area contributed by atoms with Crippen molar-refractivity contribution < 1.29 is 9.59 Å². The van der Waals surface area contributed by atoms with Crippen molar-refractivity contribution in [3.63, 3.8) is 0 Å². The molecule has 0 aliphatic carbocycles. The van der Waals surface area contributed by atoms with Gasteiger partial charge in [-0.05, 0) is 44.7 Å². The van der Waals surface area contributed by atoms with Gasteiger partial charge in [-0.15, -0.1) is 0 Å². The van der Waals surface area contributed by atoms with Crippen LogP contribution >= 0.6 is 0 Å². The Bertz CT molecular complexity index is 414. The van der Waals surface area contributed by atoms with Crippen LogP contribution in [0.1, 0.15) is 25.7 Å². The molecule has 21 heavy (non-hydrogen) atoms. The fourth-order valence-electron chi connectivity index (χ4n) is 4.07. The predicted molar refractivity (Wildman–Crippen MR) is 79.5 cm³/mol. The molecule has 0 radical (unpaired) electrons. The van der Waals surface area contributed by atoms with E-state index in [0.29, 0.717) is 25.0 Å². The van der Waals surface area contributed by atoms with Crippen molar-refractivity contribution in [3.05, 3.63) is 0 Å². The Morgan fingerprint density at radius 3 is 2.76 bits per heavy atom. The van der Waals surface area contributed by atoms with E-state index in [0.717, 1.165) is 39.0 Å². The van der Waals surface area contributed by atoms with Crippen molar-refractivity contribution in [2.45, 2.75) is 31.7 Å². The number of amides is 2. The zero-order valence-corrected chi connectivity index (χ0v) is 12.6. The number of piperidine rings is 2. The molecule has 6 heteroatoms. The summed E-state index contributed by atoms with van der Waals surface area (Å²) < 4.78 is 0. The molecule has 2 amide bonds. The Labute approximate surface area is 126 Å². The number of primary amides is 1. The second-order valence-electron chi connectivity index (χ2n) is 6.68. The van der Waals surface area contributed by atoms with Crippen molar-refractivity contribution in [1.29, 1.82) is 0 Å². The molecular weight excluding hydrogens is 268 g/mol. The topological polar surface area (TPSA) is 78.7 Å². The van der Waals surface area contributed by atoms with Gasteiger partial charge in [0, 0.05) is 25.7 Å². The first kappa shape index (κ1) is 14.8. The maximum Gasteiger partial charge on any atom is 0.236 e. The normalized spacial score (nSPS) is 33.7. The maximum atomic E-state index is 12.5. The third-order valence-electron chi connectivity index (χ3n) is 5.31. The molecule has 6 nitrogen and oxygen atoms in total. The Morgan fingerprint density at radius 2 is 1.95 bits per heavy atom. The van der Waals surface area contributed by atoms with E-state index in [2.05, 4.69) is 10.2 Å². The molecule has 3 aliphatic rings. The summed E-state index contributed by atoms with van der Waals surface area (Å²) in [7, 11) is 0. The Hall–Kier alpha value is -1.14. The SMILES string of the molecule is NC(=O)C1CCCN(C(=O)CN2CCCC3CNCC32)C1. The van der Waals surface area contributed by atoms with Crippen molar-refractivity contribution >= 4 is 11.8 Å². The Kier molecular flexibility index (Phi) is 4.45. The number of nitrogens with two attached hydrogens (primary N) is 1. The third-order valence-corrected chi connectivity index (χ3v) is 5.31. The van der Waals surface area contributed by atoms with Crippen LogP contribution in [-0.2, 0) is 9.59 Å². The van der Waals surface area contributed by atoms with Gasteiger partial charge in [0.25, 0.3) is 0 Å². The van der Waals surface area contributed by atoms with Crippen molar-refractivity contribution in [2.24, 2.45) is 17.6 Å². The van der Waals surface area contributed by atoms with Crippen LogP contribution < -0.4 is 11.1 Å². The summed E-state index contributed by atoms with van der Waals surface area (Å²) in [6.45, 7) is 4.87. The van der Waals surface area contributed by atoms with Gasteiger partial charge in [0.15, 0.2) is 0 Å². The maximum absolute atomic E-state index is 12.5. The molecule has 3 atom stereocenters. The molecule has 0 aromatic heterocycles. The molecule has 3 aliphatic heterocycles. The van der Waals surface area contributed by atoms with E-state index in [1.54, 1.807) is 0 Å². The molecule has 3 rings (SSSR count). The zero-order chi connectivity index (χ0) is 14.8. The highest BCUT2D eigenvalue weighted by molar-refractivity contribution is 5.81. The molecule has 3 saturated heterocycles. The number of rotatable bonds is 3. The van der Waals surface area contributed by atoms with E-state index in [-0.39, 0.29) is 17.7 Å². The van der Waals surface area contributed by atoms with Gasteiger partial charge in [-0.25, -0.2) is 0 Å². The minimum atomic E-state index is -0.273. The molecule has 0 bridgehead atoms. The molecule has 3 N–H and O–H groups in total. The highest BCUT2D eigenvalue weighted by atomic mass is 16.2. The minimum absolute atomic E-state index is 0.161. The van der Waals surface area contributed by atoms with Crippen LogP contribution in [-0.4, -0.2) is 66.9 Å². The van der Waals surface area contributed by atoms with Crippen LogP contribution in [0.4, 0.5) is 0 Å². The number of likely N-dealkylation sites (tertiary alicyclic amines) is 2. The minimum Gasteiger partial charge on any atom is -0.369 e. The molecule has 3 unspecified atom stereocenters. The third kappa shape index (κ3) is 3.21. The Morgan fingerprint density at radius 1 is 1.14 bits per heavy atom. The average molecular weight is 294 g/mol. The lowest BCUT2D eigenvalue weighted by molar-refractivity contribution is -0.136. The number of nitrogens with one attached hydrogen (secondary N) is 1. The number of hydrogen-bond acceptors (Lipinski definition) is 4. The monoisotopic (exact) mass is 294 g/mol. The van der Waals surface area contributed by atoms with Gasteiger partial charge in [0.2, 0.25) is 11.8 Å². The number of nitrogens with zero attached hydrogens (tertiary/aromatic N) is 2. The summed E-state index contributed by atoms with van der Waals surface area (Å²) in [5, 5.41) is 3.44. The second-order valence-corrected chi connectivity index (χ2v) is 6.68. The lowest BCUT2D eigenvalue weighted by Crippen LogP contribution is -2.52. The first-order valence-electron chi connectivity index (χ1n) is 8.17. The van der Waals surface area contributed by atoms with Gasteiger partial charge in [-0.1, -0.05) is 0 Å². The fourth-order valence-corrected chi connectivity index (χ4v) is 4.07. The van der Waals surface area contributed by atoms with Crippen LogP contribution in [0.5, 0.6) is 0 Å². The number of fused-ring (bicyclic) bond motifs is 1. The summed E-state index contributed by atoms with van der Waals surface area (Å²) >= 11 is 0. The van der Waals surface area contributed by atoms with E-state index >= 15 is 0 Å². The van der Waals surface area contributed by atoms with E-state index in [1.807, 2.05) is 4.90 Å². The fraction of sp³-hybridized carbons (Fsp3) is 0.867. The number of carbonyl (C=O) groups excluding carboxylic acids is 2. The molecule has 0 spiro atoms. The van der Waals surface area contributed by atoms with Crippen molar-refractivity contribution in [3.8, 4) is 0 Å². The number of hydrogen-bond donors (Lipinski definition) is 2. The van der Waals surface area contributed by atoms with Gasteiger partial charge in [-0.3, -0.25) is 14.5 Å². The van der Waals surface area contributed by atoms with Gasteiger partial charge >= 0.3 is 0 Å². The summed E-state index contributed by atoms with van der Waals surface area (Å²) in [5.41, 5.74) is 5.39. The first-order valence-corrected chi connectivity index (χ1v) is 8.17. The standard InChI is InChI=1S/C15H26N4O2/c16-15(21)12-4-2-6-19(9-12)14(20)10-18-5-1-3-11-7-17-8-13(11)18/h11-13,17H,1-10H2,(H2,16,21). The lowest BCUT2D eigenvalue weighted by atomic mass is 9.92. The van der Waals surface area contributed by atoms with E-state index < -0.39 is 0 Å². The smallest absolute Gasteiger partial charge is 0.236 e. The van der Waals surface area contributed by atoms with Crippen LogP contribution in [0.15, 0.2) is 0 Å². The molecule has 3 heterocycles. The van der Waals surface area contributed by atoms with Crippen LogP contribution in [0, 0.1) is 11.8 Å². The largest absolute Gasteiger partial charge is 0.369 e. The highest BCUT2D eigenvalue weighted by Gasteiger charge is 2.36. The van der Waals surface area contributed by atoms with Gasteiger partial charge in [-0.2, -0.15) is 0 Å². The van der Waals surface area contributed by atoms with Gasteiger partial charge < -0.3 is 16.0 Å². The first-order chi connectivity index (χ1) is 10.1. The highest BCUT2D eigenvalue weighted by Crippen LogP contribution is 2.26. The molecule has 118 valence electrons. The molecular formula is C15H26N4O2. The predicted octanol–water partition coefficient (Wildman–Crippen LogP) is -0.606. The molecule has 0 aromatic carbocycles. The van der Waals surface area contributed by atoms with Crippen LogP contribution in [0.3, 0.4) is 0 Å². The van der Waals surface area contributed by atoms with Gasteiger partial charge in [0.05, 0.1) is 12.5 Å². The quantitative estimate of drug-likeness (QED) is 0.728. The lowest BCUT2D eigenvalue weighted by Gasteiger charge is -2.38. The summed E-state index contributed by atoms with van der Waals surface area (Å²) in [6.07, 6.45) is 4.15. The van der Waals surface area contributed by atoms with E-state index in [4.69, 9.17) is 5.73 Å².